The lowest BCUT2D eigenvalue weighted by atomic mass is 10.3. The van der Waals surface area contributed by atoms with Crippen molar-refractivity contribution >= 4 is 9.84 Å². The lowest BCUT2D eigenvalue weighted by molar-refractivity contribution is 0.587. The van der Waals surface area contributed by atoms with E-state index in [-0.39, 0.29) is 11.5 Å². The molecule has 0 amide bonds. The number of aromatic nitrogens is 2. The number of rotatable bonds is 7. The monoisotopic (exact) mass is 245 g/mol. The SMILES string of the molecule is CCCS(=O)(=O)CCn1cnc(CCN)c1. The molecule has 0 aliphatic heterocycles. The molecule has 0 bridgehead atoms. The van der Waals surface area contributed by atoms with E-state index < -0.39 is 9.84 Å². The summed E-state index contributed by atoms with van der Waals surface area (Å²) in [5, 5.41) is 0. The molecule has 0 aromatic carbocycles. The van der Waals surface area contributed by atoms with Crippen LogP contribution in [0, 0.1) is 0 Å². The Bertz CT molecular complexity index is 411. The Kier molecular flexibility index (Phi) is 4.95. The van der Waals surface area contributed by atoms with E-state index in [1.807, 2.05) is 13.1 Å². The molecule has 1 rings (SSSR count). The minimum Gasteiger partial charge on any atom is -0.336 e. The van der Waals surface area contributed by atoms with Crippen molar-refractivity contribution in [2.75, 3.05) is 18.1 Å². The van der Waals surface area contributed by atoms with Gasteiger partial charge in [-0.05, 0) is 13.0 Å². The highest BCUT2D eigenvalue weighted by molar-refractivity contribution is 7.91. The van der Waals surface area contributed by atoms with E-state index in [0.29, 0.717) is 19.5 Å². The Balaban J connectivity index is 2.48. The normalized spacial score (nSPS) is 11.9. The number of nitrogens with zero attached hydrogens (tertiary/aromatic N) is 2. The fourth-order valence-electron chi connectivity index (χ4n) is 1.46. The molecule has 0 fully saturated rings. The largest absolute Gasteiger partial charge is 0.336 e. The molecule has 0 aliphatic carbocycles. The smallest absolute Gasteiger partial charge is 0.152 e. The maximum absolute atomic E-state index is 11.5. The van der Waals surface area contributed by atoms with E-state index in [9.17, 15) is 8.42 Å². The Hall–Kier alpha value is -0.880. The summed E-state index contributed by atoms with van der Waals surface area (Å²) in [6.07, 6.45) is 4.92. The first-order valence-corrected chi connectivity index (χ1v) is 7.30. The number of aryl methyl sites for hydroxylation is 1. The molecule has 5 nitrogen and oxygen atoms in total. The third-order valence-corrected chi connectivity index (χ3v) is 4.10. The summed E-state index contributed by atoms with van der Waals surface area (Å²) >= 11 is 0. The van der Waals surface area contributed by atoms with Crippen molar-refractivity contribution in [3.8, 4) is 0 Å². The molecule has 0 aliphatic rings. The van der Waals surface area contributed by atoms with E-state index in [0.717, 1.165) is 12.1 Å². The standard InChI is InChI=1S/C10H19N3O2S/c1-2-6-16(14,15)7-5-13-8-10(3-4-11)12-9-13/h8-9H,2-7,11H2,1H3. The minimum absolute atomic E-state index is 0.180. The second kappa shape index (κ2) is 6.00. The third-order valence-electron chi connectivity index (χ3n) is 2.26. The average Bonchev–Trinajstić information content (AvgIpc) is 2.64. The summed E-state index contributed by atoms with van der Waals surface area (Å²) in [7, 11) is -2.91. The zero-order valence-corrected chi connectivity index (χ0v) is 10.4. The molecule has 0 saturated heterocycles. The molecular formula is C10H19N3O2S. The highest BCUT2D eigenvalue weighted by Crippen LogP contribution is 2.00. The van der Waals surface area contributed by atoms with Crippen LogP contribution in [0.3, 0.4) is 0 Å². The summed E-state index contributed by atoms with van der Waals surface area (Å²) in [6, 6.07) is 0. The van der Waals surface area contributed by atoms with Crippen LogP contribution in [0.1, 0.15) is 19.0 Å². The van der Waals surface area contributed by atoms with Crippen molar-refractivity contribution in [3.05, 3.63) is 18.2 Å². The van der Waals surface area contributed by atoms with Gasteiger partial charge in [0, 0.05) is 24.9 Å². The lowest BCUT2D eigenvalue weighted by Crippen LogP contribution is -2.15. The summed E-state index contributed by atoms with van der Waals surface area (Å²) in [5.74, 6) is 0.441. The molecule has 2 N–H and O–H groups in total. The van der Waals surface area contributed by atoms with Crippen molar-refractivity contribution in [2.24, 2.45) is 5.73 Å². The molecular weight excluding hydrogens is 226 g/mol. The molecule has 92 valence electrons. The van der Waals surface area contributed by atoms with Crippen LogP contribution in [0.15, 0.2) is 12.5 Å². The molecule has 16 heavy (non-hydrogen) atoms. The van der Waals surface area contributed by atoms with Gasteiger partial charge in [-0.1, -0.05) is 6.92 Å². The number of imidazole rings is 1. The highest BCUT2D eigenvalue weighted by atomic mass is 32.2. The van der Waals surface area contributed by atoms with Crippen LogP contribution in [-0.4, -0.2) is 36.0 Å². The topological polar surface area (TPSA) is 78.0 Å². The molecule has 0 saturated carbocycles. The second-order valence-electron chi connectivity index (χ2n) is 3.79. The van der Waals surface area contributed by atoms with Crippen molar-refractivity contribution in [1.82, 2.24) is 9.55 Å². The second-order valence-corrected chi connectivity index (χ2v) is 6.10. The van der Waals surface area contributed by atoms with Crippen LogP contribution >= 0.6 is 0 Å². The van der Waals surface area contributed by atoms with Gasteiger partial charge in [-0.3, -0.25) is 0 Å². The van der Waals surface area contributed by atoms with E-state index in [4.69, 9.17) is 5.73 Å². The molecule has 0 radical (unpaired) electrons. The molecule has 6 heteroatoms. The van der Waals surface area contributed by atoms with Gasteiger partial charge in [0.15, 0.2) is 9.84 Å². The molecule has 1 aromatic rings. The zero-order chi connectivity index (χ0) is 12.0. The first-order chi connectivity index (χ1) is 7.57. The molecule has 0 spiro atoms. The van der Waals surface area contributed by atoms with Gasteiger partial charge in [0.1, 0.15) is 0 Å². The summed E-state index contributed by atoms with van der Waals surface area (Å²) in [4.78, 5) is 4.14. The third kappa shape index (κ3) is 4.32. The van der Waals surface area contributed by atoms with Crippen LogP contribution in [0.5, 0.6) is 0 Å². The number of hydrogen-bond donors (Lipinski definition) is 1. The van der Waals surface area contributed by atoms with Gasteiger partial charge in [-0.15, -0.1) is 0 Å². The van der Waals surface area contributed by atoms with Crippen LogP contribution < -0.4 is 5.73 Å². The summed E-state index contributed by atoms with van der Waals surface area (Å²) in [5.41, 5.74) is 6.32. The quantitative estimate of drug-likeness (QED) is 0.745. The minimum atomic E-state index is -2.91. The molecule has 1 aromatic heterocycles. The maximum Gasteiger partial charge on any atom is 0.152 e. The first-order valence-electron chi connectivity index (χ1n) is 5.48. The molecule has 1 heterocycles. The molecule has 0 atom stereocenters. The summed E-state index contributed by atoms with van der Waals surface area (Å²) < 4.78 is 24.8. The van der Waals surface area contributed by atoms with Crippen molar-refractivity contribution < 1.29 is 8.42 Å². The van der Waals surface area contributed by atoms with Crippen LogP contribution in [0.25, 0.3) is 0 Å². The Morgan fingerprint density at radius 3 is 2.81 bits per heavy atom. The Morgan fingerprint density at radius 1 is 1.44 bits per heavy atom. The van der Waals surface area contributed by atoms with E-state index >= 15 is 0 Å². The van der Waals surface area contributed by atoms with Crippen molar-refractivity contribution in [2.45, 2.75) is 26.3 Å². The zero-order valence-electron chi connectivity index (χ0n) is 9.59. The van der Waals surface area contributed by atoms with Gasteiger partial charge >= 0.3 is 0 Å². The number of nitrogens with two attached hydrogens (primary N) is 1. The van der Waals surface area contributed by atoms with Gasteiger partial charge in [0.25, 0.3) is 0 Å². The van der Waals surface area contributed by atoms with E-state index in [1.54, 1.807) is 10.9 Å². The van der Waals surface area contributed by atoms with Crippen molar-refractivity contribution in [3.63, 3.8) is 0 Å². The van der Waals surface area contributed by atoms with Gasteiger partial charge in [0.2, 0.25) is 0 Å². The van der Waals surface area contributed by atoms with Gasteiger partial charge in [-0.2, -0.15) is 0 Å². The number of hydrogen-bond acceptors (Lipinski definition) is 4. The van der Waals surface area contributed by atoms with Gasteiger partial charge in [0.05, 0.1) is 17.8 Å². The van der Waals surface area contributed by atoms with Gasteiger partial charge < -0.3 is 10.3 Å². The van der Waals surface area contributed by atoms with E-state index in [1.165, 1.54) is 0 Å². The van der Waals surface area contributed by atoms with Gasteiger partial charge in [-0.25, -0.2) is 13.4 Å². The fourth-order valence-corrected chi connectivity index (χ4v) is 2.78. The Morgan fingerprint density at radius 2 is 2.19 bits per heavy atom. The predicted octanol–water partition coefficient (Wildman–Crippen LogP) is 0.209. The predicted molar refractivity (Wildman–Crippen MR) is 63.9 cm³/mol. The average molecular weight is 245 g/mol. The van der Waals surface area contributed by atoms with Crippen LogP contribution in [-0.2, 0) is 22.8 Å². The van der Waals surface area contributed by atoms with Crippen molar-refractivity contribution in [1.29, 1.82) is 0 Å². The van der Waals surface area contributed by atoms with E-state index in [2.05, 4.69) is 4.98 Å². The highest BCUT2D eigenvalue weighted by Gasteiger charge is 2.09. The van der Waals surface area contributed by atoms with Crippen LogP contribution in [0.4, 0.5) is 0 Å². The molecule has 0 unspecified atom stereocenters. The maximum atomic E-state index is 11.5. The first kappa shape index (κ1) is 13.2. The Labute approximate surface area is 96.6 Å². The fraction of sp³-hybridized carbons (Fsp3) is 0.700. The lowest BCUT2D eigenvalue weighted by Gasteiger charge is -2.03. The van der Waals surface area contributed by atoms with Crippen LogP contribution in [0.2, 0.25) is 0 Å². The number of sulfone groups is 1. The summed E-state index contributed by atoms with van der Waals surface area (Å²) in [6.45, 7) is 2.90.